The predicted molar refractivity (Wildman–Crippen MR) is 93.0 cm³/mol. The summed E-state index contributed by atoms with van der Waals surface area (Å²) in [6, 6.07) is 12.4. The van der Waals surface area contributed by atoms with Gasteiger partial charge in [-0.2, -0.15) is 10.2 Å². The Morgan fingerprint density at radius 3 is 1.56 bits per heavy atom. The van der Waals surface area contributed by atoms with Crippen LogP contribution in [0.25, 0.3) is 0 Å². The third-order valence-electron chi connectivity index (χ3n) is 4.09. The minimum Gasteiger partial charge on any atom is -0.258 e. The molecule has 0 bridgehead atoms. The Bertz CT molecular complexity index is 872. The van der Waals surface area contributed by atoms with Gasteiger partial charge in [-0.15, -0.1) is 0 Å². The van der Waals surface area contributed by atoms with E-state index in [1.54, 1.807) is 24.3 Å². The average Bonchev–Trinajstić information content (AvgIpc) is 2.90. The van der Waals surface area contributed by atoms with E-state index in [1.165, 1.54) is 24.3 Å². The standard InChI is InChI=1S/C17H14N4O4/c1-17(2)15(11-5-3-7-13(9-11)20(22)23)18-19-16(17)12-6-4-8-14(10-12)21(24)25/h3-10H,1-2H3. The summed E-state index contributed by atoms with van der Waals surface area (Å²) in [5.74, 6) is 0. The largest absolute Gasteiger partial charge is 0.270 e. The maximum absolute atomic E-state index is 11.0. The predicted octanol–water partition coefficient (Wildman–Crippen LogP) is 3.74. The highest BCUT2D eigenvalue weighted by Gasteiger charge is 2.38. The van der Waals surface area contributed by atoms with E-state index in [4.69, 9.17) is 0 Å². The Kier molecular flexibility index (Phi) is 3.88. The zero-order valence-corrected chi connectivity index (χ0v) is 13.5. The van der Waals surface area contributed by atoms with Gasteiger partial charge in [-0.05, 0) is 13.8 Å². The van der Waals surface area contributed by atoms with Gasteiger partial charge < -0.3 is 0 Å². The van der Waals surface area contributed by atoms with Gasteiger partial charge in [0.15, 0.2) is 0 Å². The Labute approximate surface area is 142 Å². The van der Waals surface area contributed by atoms with Crippen LogP contribution >= 0.6 is 0 Å². The topological polar surface area (TPSA) is 111 Å². The lowest BCUT2D eigenvalue weighted by molar-refractivity contribution is -0.385. The molecule has 8 heteroatoms. The molecule has 0 spiro atoms. The zero-order chi connectivity index (χ0) is 18.2. The van der Waals surface area contributed by atoms with Gasteiger partial charge in [-0.1, -0.05) is 24.3 Å². The Balaban J connectivity index is 1.99. The summed E-state index contributed by atoms with van der Waals surface area (Å²) >= 11 is 0. The van der Waals surface area contributed by atoms with E-state index < -0.39 is 15.3 Å². The smallest absolute Gasteiger partial charge is 0.258 e. The molecule has 1 aliphatic heterocycles. The molecular formula is C17H14N4O4. The van der Waals surface area contributed by atoms with Crippen molar-refractivity contribution in [2.75, 3.05) is 0 Å². The molecular weight excluding hydrogens is 324 g/mol. The molecule has 0 atom stereocenters. The van der Waals surface area contributed by atoms with E-state index in [-0.39, 0.29) is 11.4 Å². The van der Waals surface area contributed by atoms with Crippen molar-refractivity contribution in [2.45, 2.75) is 13.8 Å². The minimum absolute atomic E-state index is 0.0280. The van der Waals surface area contributed by atoms with Crippen molar-refractivity contribution >= 4 is 22.8 Å². The highest BCUT2D eigenvalue weighted by atomic mass is 16.6. The second-order valence-corrected chi connectivity index (χ2v) is 6.14. The molecule has 0 unspecified atom stereocenters. The summed E-state index contributed by atoms with van der Waals surface area (Å²) in [4.78, 5) is 21.1. The maximum atomic E-state index is 11.0. The second kappa shape index (κ2) is 5.90. The summed E-state index contributed by atoms with van der Waals surface area (Å²) in [5, 5.41) is 30.4. The molecule has 0 saturated heterocycles. The number of rotatable bonds is 4. The van der Waals surface area contributed by atoms with E-state index in [0.717, 1.165) is 0 Å². The Morgan fingerprint density at radius 1 is 0.800 bits per heavy atom. The normalized spacial score (nSPS) is 15.4. The van der Waals surface area contributed by atoms with Crippen LogP contribution in [0, 0.1) is 25.6 Å². The average molecular weight is 338 g/mol. The summed E-state index contributed by atoms with van der Waals surface area (Å²) in [6.45, 7) is 3.77. The molecule has 2 aromatic rings. The van der Waals surface area contributed by atoms with Crippen molar-refractivity contribution < 1.29 is 9.85 Å². The fraction of sp³-hybridized carbons (Fsp3) is 0.176. The van der Waals surface area contributed by atoms with Gasteiger partial charge in [0.2, 0.25) is 0 Å². The molecule has 25 heavy (non-hydrogen) atoms. The molecule has 0 amide bonds. The molecule has 0 N–H and O–H groups in total. The van der Waals surface area contributed by atoms with Gasteiger partial charge >= 0.3 is 0 Å². The molecule has 1 aliphatic rings. The maximum Gasteiger partial charge on any atom is 0.270 e. The van der Waals surface area contributed by atoms with Crippen LogP contribution in [0.1, 0.15) is 25.0 Å². The van der Waals surface area contributed by atoms with Crippen molar-refractivity contribution in [1.29, 1.82) is 0 Å². The fourth-order valence-corrected chi connectivity index (χ4v) is 2.83. The number of nitro groups is 2. The third kappa shape index (κ3) is 2.89. The summed E-state index contributed by atoms with van der Waals surface area (Å²) in [5.41, 5.74) is 1.66. The lowest BCUT2D eigenvalue weighted by Gasteiger charge is -2.23. The van der Waals surface area contributed by atoms with Gasteiger partial charge in [0.1, 0.15) is 0 Å². The molecule has 0 aliphatic carbocycles. The van der Waals surface area contributed by atoms with E-state index in [0.29, 0.717) is 22.6 Å². The van der Waals surface area contributed by atoms with Gasteiger partial charge in [0, 0.05) is 35.4 Å². The van der Waals surface area contributed by atoms with Gasteiger partial charge in [0.05, 0.1) is 26.7 Å². The first-order chi connectivity index (χ1) is 11.8. The first kappa shape index (κ1) is 16.4. The fourth-order valence-electron chi connectivity index (χ4n) is 2.83. The molecule has 1 heterocycles. The Morgan fingerprint density at radius 2 is 1.20 bits per heavy atom. The number of non-ortho nitro benzene ring substituents is 2. The highest BCUT2D eigenvalue weighted by Crippen LogP contribution is 2.34. The zero-order valence-electron chi connectivity index (χ0n) is 13.5. The molecule has 126 valence electrons. The van der Waals surface area contributed by atoms with Crippen molar-refractivity contribution in [3.8, 4) is 0 Å². The van der Waals surface area contributed by atoms with Crippen LogP contribution in [0.3, 0.4) is 0 Å². The molecule has 0 fully saturated rings. The van der Waals surface area contributed by atoms with Crippen molar-refractivity contribution in [1.82, 2.24) is 0 Å². The number of hydrogen-bond acceptors (Lipinski definition) is 6. The lowest BCUT2D eigenvalue weighted by atomic mass is 9.77. The van der Waals surface area contributed by atoms with Crippen LogP contribution in [-0.4, -0.2) is 21.3 Å². The van der Waals surface area contributed by atoms with Crippen molar-refractivity contribution in [3.05, 3.63) is 79.9 Å². The molecule has 8 nitrogen and oxygen atoms in total. The lowest BCUT2D eigenvalue weighted by Crippen LogP contribution is -2.31. The van der Waals surface area contributed by atoms with E-state index in [1.807, 2.05) is 13.8 Å². The Hall–Kier alpha value is -3.42. The number of benzene rings is 2. The van der Waals surface area contributed by atoms with Crippen LogP contribution in [-0.2, 0) is 0 Å². The van der Waals surface area contributed by atoms with Gasteiger partial charge in [0.25, 0.3) is 11.4 Å². The highest BCUT2D eigenvalue weighted by molar-refractivity contribution is 6.25. The third-order valence-corrected chi connectivity index (χ3v) is 4.09. The molecule has 0 aromatic heterocycles. The van der Waals surface area contributed by atoms with Crippen LogP contribution in [0.2, 0.25) is 0 Å². The molecule has 0 radical (unpaired) electrons. The van der Waals surface area contributed by atoms with Crippen LogP contribution in [0.4, 0.5) is 11.4 Å². The monoisotopic (exact) mass is 338 g/mol. The SMILES string of the molecule is CC1(C)C(c2cccc([N+](=O)[O-])c2)=NN=C1c1cccc([N+](=O)[O-])c1. The summed E-state index contributed by atoms with van der Waals surface area (Å²) < 4.78 is 0. The molecule has 2 aromatic carbocycles. The first-order valence-electron chi connectivity index (χ1n) is 7.47. The number of nitrogens with zero attached hydrogens (tertiary/aromatic N) is 4. The van der Waals surface area contributed by atoms with Gasteiger partial charge in [-0.25, -0.2) is 0 Å². The minimum atomic E-state index is -0.648. The molecule has 3 rings (SSSR count). The summed E-state index contributed by atoms with van der Waals surface area (Å²) in [7, 11) is 0. The van der Waals surface area contributed by atoms with Crippen LogP contribution in [0.15, 0.2) is 58.7 Å². The van der Waals surface area contributed by atoms with E-state index in [9.17, 15) is 20.2 Å². The van der Waals surface area contributed by atoms with Crippen molar-refractivity contribution in [3.63, 3.8) is 0 Å². The van der Waals surface area contributed by atoms with Gasteiger partial charge in [-0.3, -0.25) is 20.2 Å². The molecule has 0 saturated carbocycles. The van der Waals surface area contributed by atoms with E-state index in [2.05, 4.69) is 10.2 Å². The van der Waals surface area contributed by atoms with Crippen molar-refractivity contribution in [2.24, 2.45) is 15.6 Å². The second-order valence-electron chi connectivity index (χ2n) is 6.14. The quantitative estimate of drug-likeness (QED) is 0.624. The summed E-state index contributed by atoms with van der Waals surface area (Å²) in [6.07, 6.45) is 0. The van der Waals surface area contributed by atoms with Crippen LogP contribution in [0.5, 0.6) is 0 Å². The number of nitro benzene ring substituents is 2. The number of hydrogen-bond donors (Lipinski definition) is 0. The first-order valence-corrected chi connectivity index (χ1v) is 7.47. The van der Waals surface area contributed by atoms with E-state index >= 15 is 0 Å². The van der Waals surface area contributed by atoms with Crippen LogP contribution < -0.4 is 0 Å².